The summed E-state index contributed by atoms with van der Waals surface area (Å²) in [7, 11) is 2.08. The van der Waals surface area contributed by atoms with Gasteiger partial charge in [0, 0.05) is 18.0 Å². The van der Waals surface area contributed by atoms with E-state index in [0.29, 0.717) is 5.25 Å². The zero-order valence-electron chi connectivity index (χ0n) is 9.40. The van der Waals surface area contributed by atoms with Crippen LogP contribution in [-0.2, 0) is 0 Å². The molecule has 15 heavy (non-hydrogen) atoms. The van der Waals surface area contributed by atoms with E-state index in [4.69, 9.17) is 0 Å². The number of aliphatic imine (C=N–C) groups is 1. The summed E-state index contributed by atoms with van der Waals surface area (Å²) in [6.07, 6.45) is 0. The molecule has 3 heteroatoms. The van der Waals surface area contributed by atoms with Crippen LogP contribution >= 0.6 is 11.8 Å². The number of aryl methyl sites for hydroxylation is 1. The molecule has 1 heterocycles. The molecule has 2 rings (SSSR count). The minimum absolute atomic E-state index is 0.618. The molecule has 0 fully saturated rings. The highest BCUT2D eigenvalue weighted by Gasteiger charge is 2.18. The highest BCUT2D eigenvalue weighted by atomic mass is 32.2. The van der Waals surface area contributed by atoms with Gasteiger partial charge in [-0.15, -0.1) is 0 Å². The maximum atomic E-state index is 4.52. The molecular weight excluding hydrogens is 204 g/mol. The summed E-state index contributed by atoms with van der Waals surface area (Å²) in [4.78, 5) is 6.68. The SMILES string of the molecule is Cc1ccc(N(C)C2=NCC(C)S2)cc1. The van der Waals surface area contributed by atoms with Crippen LogP contribution in [0.25, 0.3) is 0 Å². The van der Waals surface area contributed by atoms with E-state index in [-0.39, 0.29) is 0 Å². The van der Waals surface area contributed by atoms with Crippen LogP contribution in [0, 0.1) is 6.92 Å². The zero-order chi connectivity index (χ0) is 10.8. The molecule has 1 unspecified atom stereocenters. The quantitative estimate of drug-likeness (QED) is 0.723. The van der Waals surface area contributed by atoms with Crippen molar-refractivity contribution in [1.82, 2.24) is 0 Å². The van der Waals surface area contributed by atoms with E-state index in [1.165, 1.54) is 11.3 Å². The average molecular weight is 220 g/mol. The molecule has 80 valence electrons. The van der Waals surface area contributed by atoms with Gasteiger partial charge in [-0.05, 0) is 19.1 Å². The second-order valence-electron chi connectivity index (χ2n) is 3.95. The predicted octanol–water partition coefficient (Wildman–Crippen LogP) is 2.92. The summed E-state index contributed by atoms with van der Waals surface area (Å²) in [6, 6.07) is 8.55. The molecule has 1 aromatic carbocycles. The Bertz CT molecular complexity index is 370. The van der Waals surface area contributed by atoms with Crippen molar-refractivity contribution in [2.45, 2.75) is 19.1 Å². The standard InChI is InChI=1S/C12H16N2S/c1-9-4-6-11(7-5-9)14(3)12-13-8-10(2)15-12/h4-7,10H,8H2,1-3H3. The number of thioether (sulfide) groups is 1. The van der Waals surface area contributed by atoms with Crippen molar-refractivity contribution in [2.24, 2.45) is 4.99 Å². The van der Waals surface area contributed by atoms with Gasteiger partial charge in [0.25, 0.3) is 0 Å². The Morgan fingerprint density at radius 2 is 2.00 bits per heavy atom. The second kappa shape index (κ2) is 4.27. The molecule has 0 saturated heterocycles. The van der Waals surface area contributed by atoms with Crippen LogP contribution in [0.15, 0.2) is 29.3 Å². The van der Waals surface area contributed by atoms with Gasteiger partial charge in [0.05, 0.1) is 6.54 Å². The summed E-state index contributed by atoms with van der Waals surface area (Å²) >= 11 is 1.85. The minimum atomic E-state index is 0.618. The monoisotopic (exact) mass is 220 g/mol. The number of benzene rings is 1. The summed E-state index contributed by atoms with van der Waals surface area (Å²) < 4.78 is 0. The lowest BCUT2D eigenvalue weighted by Gasteiger charge is -2.18. The van der Waals surface area contributed by atoms with Gasteiger partial charge in [-0.25, -0.2) is 0 Å². The highest BCUT2D eigenvalue weighted by molar-refractivity contribution is 8.15. The van der Waals surface area contributed by atoms with Gasteiger partial charge in [0.15, 0.2) is 5.17 Å². The molecule has 1 aliphatic rings. The number of amidine groups is 1. The minimum Gasteiger partial charge on any atom is -0.324 e. The van der Waals surface area contributed by atoms with E-state index in [1.54, 1.807) is 0 Å². The van der Waals surface area contributed by atoms with E-state index in [9.17, 15) is 0 Å². The smallest absolute Gasteiger partial charge is 0.163 e. The van der Waals surface area contributed by atoms with E-state index >= 15 is 0 Å². The lowest BCUT2D eigenvalue weighted by molar-refractivity contribution is 0.973. The van der Waals surface area contributed by atoms with Gasteiger partial charge in [-0.1, -0.05) is 36.4 Å². The van der Waals surface area contributed by atoms with E-state index in [0.717, 1.165) is 11.7 Å². The van der Waals surface area contributed by atoms with Gasteiger partial charge < -0.3 is 4.90 Å². The normalized spacial score (nSPS) is 20.2. The first-order valence-corrected chi connectivity index (χ1v) is 6.06. The molecule has 2 nitrogen and oxygen atoms in total. The van der Waals surface area contributed by atoms with Crippen LogP contribution in [0.4, 0.5) is 5.69 Å². The lowest BCUT2D eigenvalue weighted by Crippen LogP contribution is -2.22. The molecule has 0 N–H and O–H groups in total. The largest absolute Gasteiger partial charge is 0.324 e. The molecule has 0 aliphatic carbocycles. The summed E-state index contributed by atoms with van der Waals surface area (Å²) in [5.41, 5.74) is 2.50. The number of nitrogens with zero attached hydrogens (tertiary/aromatic N) is 2. The van der Waals surface area contributed by atoms with Crippen LogP contribution in [-0.4, -0.2) is 24.0 Å². The van der Waals surface area contributed by atoms with Gasteiger partial charge >= 0.3 is 0 Å². The van der Waals surface area contributed by atoms with Crippen LogP contribution in [0.1, 0.15) is 12.5 Å². The summed E-state index contributed by atoms with van der Waals surface area (Å²) in [6.45, 7) is 5.26. The second-order valence-corrected chi connectivity index (χ2v) is 5.35. The van der Waals surface area contributed by atoms with E-state index in [1.807, 2.05) is 11.8 Å². The molecule has 0 aromatic heterocycles. The Kier molecular flexibility index (Phi) is 3.00. The molecule has 0 amide bonds. The molecular formula is C12H16N2S. The van der Waals surface area contributed by atoms with Crippen molar-refractivity contribution in [3.05, 3.63) is 29.8 Å². The van der Waals surface area contributed by atoms with Crippen molar-refractivity contribution in [2.75, 3.05) is 18.5 Å². The average Bonchev–Trinajstić information content (AvgIpc) is 2.65. The van der Waals surface area contributed by atoms with Crippen molar-refractivity contribution in [3.63, 3.8) is 0 Å². The molecule has 0 bridgehead atoms. The van der Waals surface area contributed by atoms with Crippen molar-refractivity contribution in [1.29, 1.82) is 0 Å². The van der Waals surface area contributed by atoms with Crippen LogP contribution in [0.3, 0.4) is 0 Å². The van der Waals surface area contributed by atoms with Gasteiger partial charge in [-0.3, -0.25) is 4.99 Å². The fourth-order valence-corrected chi connectivity index (χ4v) is 2.45. The molecule has 1 aromatic rings. The highest BCUT2D eigenvalue weighted by Crippen LogP contribution is 2.25. The maximum Gasteiger partial charge on any atom is 0.163 e. The Hall–Kier alpha value is -0.960. The molecule has 1 atom stereocenters. The number of hydrogen-bond donors (Lipinski definition) is 0. The van der Waals surface area contributed by atoms with Crippen LogP contribution in [0.2, 0.25) is 0 Å². The maximum absolute atomic E-state index is 4.52. The summed E-state index contributed by atoms with van der Waals surface area (Å²) in [5, 5.41) is 1.75. The van der Waals surface area contributed by atoms with Gasteiger partial charge in [0.1, 0.15) is 0 Å². The van der Waals surface area contributed by atoms with Gasteiger partial charge in [0.2, 0.25) is 0 Å². The predicted molar refractivity (Wildman–Crippen MR) is 68.9 cm³/mol. The Morgan fingerprint density at radius 1 is 1.33 bits per heavy atom. The third kappa shape index (κ3) is 2.34. The fourth-order valence-electron chi connectivity index (χ4n) is 1.53. The van der Waals surface area contributed by atoms with E-state index in [2.05, 4.69) is 55.1 Å². The number of rotatable bonds is 1. The van der Waals surface area contributed by atoms with Crippen LogP contribution in [0.5, 0.6) is 0 Å². The first-order valence-electron chi connectivity index (χ1n) is 5.18. The van der Waals surface area contributed by atoms with Crippen molar-refractivity contribution in [3.8, 4) is 0 Å². The third-order valence-electron chi connectivity index (χ3n) is 2.50. The molecule has 0 spiro atoms. The lowest BCUT2D eigenvalue weighted by atomic mass is 10.2. The number of hydrogen-bond acceptors (Lipinski definition) is 3. The number of anilines is 1. The first-order chi connectivity index (χ1) is 7.16. The Labute approximate surface area is 95.4 Å². The molecule has 0 radical (unpaired) electrons. The Balaban J connectivity index is 2.14. The van der Waals surface area contributed by atoms with Gasteiger partial charge in [-0.2, -0.15) is 0 Å². The van der Waals surface area contributed by atoms with Crippen molar-refractivity contribution >= 4 is 22.6 Å². The fraction of sp³-hybridized carbons (Fsp3) is 0.417. The third-order valence-corrected chi connectivity index (χ3v) is 3.66. The molecule has 1 aliphatic heterocycles. The zero-order valence-corrected chi connectivity index (χ0v) is 10.2. The topological polar surface area (TPSA) is 15.6 Å². The van der Waals surface area contributed by atoms with Crippen molar-refractivity contribution < 1.29 is 0 Å². The molecule has 0 saturated carbocycles. The van der Waals surface area contributed by atoms with Crippen LogP contribution < -0.4 is 4.90 Å². The Morgan fingerprint density at radius 3 is 2.53 bits per heavy atom. The first kappa shape index (κ1) is 10.6. The van der Waals surface area contributed by atoms with E-state index < -0.39 is 0 Å². The summed E-state index contributed by atoms with van der Waals surface area (Å²) in [5.74, 6) is 0.